The minimum Gasteiger partial charge on any atom is -0.350 e. The van der Waals surface area contributed by atoms with Gasteiger partial charge in [-0.25, -0.2) is 0 Å². The molecule has 1 fully saturated rings. The smallest absolute Gasteiger partial charge is 0.165 e. The Balaban J connectivity index is 0.00000141. The average molecular weight is 435 g/mol. The third-order valence-corrected chi connectivity index (χ3v) is 6.60. The summed E-state index contributed by atoms with van der Waals surface area (Å²) in [5.74, 6) is 0.655. The molecule has 2 heterocycles. The lowest BCUT2D eigenvalue weighted by Gasteiger charge is -2.31. The molecule has 0 aromatic rings. The highest BCUT2D eigenvalue weighted by Crippen LogP contribution is 2.33. The van der Waals surface area contributed by atoms with Crippen molar-refractivity contribution in [2.75, 3.05) is 26.2 Å². The Morgan fingerprint density at radius 3 is 2.56 bits per heavy atom. The largest absolute Gasteiger partial charge is 0.350 e. The van der Waals surface area contributed by atoms with E-state index in [0.29, 0.717) is 5.78 Å². The van der Waals surface area contributed by atoms with E-state index in [9.17, 15) is 9.59 Å². The fraction of sp³-hybridized carbons (Fsp3) is 0.500. The zero-order chi connectivity index (χ0) is 22.8. The van der Waals surface area contributed by atoms with Crippen molar-refractivity contribution in [3.05, 3.63) is 71.7 Å². The number of nitrogens with zero attached hydrogens (tertiary/aromatic N) is 2. The van der Waals surface area contributed by atoms with Crippen LogP contribution in [0.1, 0.15) is 52.4 Å². The molecule has 4 rings (SSSR count). The maximum Gasteiger partial charge on any atom is 0.165 e. The summed E-state index contributed by atoms with van der Waals surface area (Å²) >= 11 is 0. The molecule has 4 heteroatoms. The number of carbonyl (C=O) groups excluding carboxylic acids is 2. The van der Waals surface area contributed by atoms with E-state index in [4.69, 9.17) is 0 Å². The highest BCUT2D eigenvalue weighted by molar-refractivity contribution is 5.99. The van der Waals surface area contributed by atoms with Gasteiger partial charge >= 0.3 is 0 Å². The quantitative estimate of drug-likeness (QED) is 0.380. The van der Waals surface area contributed by atoms with Gasteiger partial charge in [-0.3, -0.25) is 9.59 Å². The van der Waals surface area contributed by atoms with Crippen molar-refractivity contribution in [2.24, 2.45) is 11.8 Å². The highest BCUT2D eigenvalue weighted by atomic mass is 16.1. The average Bonchev–Trinajstić information content (AvgIpc) is 3.01. The SMILES string of the molecule is CC.O=CC1=CN(CCCCN2CCC(C(=O)C3=CCCC=C3)CC2)C2=CC=CC=CC12. The predicted molar refractivity (Wildman–Crippen MR) is 132 cm³/mol. The molecule has 0 saturated carbocycles. The van der Waals surface area contributed by atoms with Crippen LogP contribution >= 0.6 is 0 Å². The van der Waals surface area contributed by atoms with E-state index >= 15 is 0 Å². The second-order valence-corrected chi connectivity index (χ2v) is 8.61. The molecule has 0 aromatic heterocycles. The van der Waals surface area contributed by atoms with Crippen molar-refractivity contribution < 1.29 is 9.59 Å². The molecule has 1 atom stereocenters. The Morgan fingerprint density at radius 2 is 1.84 bits per heavy atom. The molecule has 1 unspecified atom stereocenters. The van der Waals surface area contributed by atoms with E-state index in [1.807, 2.05) is 44.4 Å². The number of fused-ring (bicyclic) bond motifs is 1. The number of hydrogen-bond donors (Lipinski definition) is 0. The summed E-state index contributed by atoms with van der Waals surface area (Å²) in [6.07, 6.45) is 25.8. The third-order valence-electron chi connectivity index (χ3n) is 6.60. The van der Waals surface area contributed by atoms with Gasteiger partial charge in [-0.15, -0.1) is 0 Å². The number of piperidine rings is 1. The first-order valence-corrected chi connectivity index (χ1v) is 12.4. The second kappa shape index (κ2) is 12.5. The monoisotopic (exact) mass is 434 g/mol. The van der Waals surface area contributed by atoms with Gasteiger partial charge in [0, 0.05) is 41.4 Å². The lowest BCUT2D eigenvalue weighted by molar-refractivity contribution is -0.120. The number of likely N-dealkylation sites (tertiary alicyclic amines) is 1. The number of ketones is 1. The lowest BCUT2D eigenvalue weighted by Crippen LogP contribution is -2.37. The van der Waals surface area contributed by atoms with Crippen LogP contribution in [0.5, 0.6) is 0 Å². The summed E-state index contributed by atoms with van der Waals surface area (Å²) in [5.41, 5.74) is 2.98. The van der Waals surface area contributed by atoms with Crippen LogP contribution in [0.3, 0.4) is 0 Å². The molecule has 4 aliphatic rings. The number of Topliss-reactive ketones (excluding diaryl/α,β-unsaturated/α-hetero) is 1. The lowest BCUT2D eigenvalue weighted by atomic mass is 9.87. The van der Waals surface area contributed by atoms with Crippen LogP contribution in [-0.4, -0.2) is 48.0 Å². The number of allylic oxidation sites excluding steroid dienone is 9. The normalized spacial score (nSPS) is 22.9. The molecule has 172 valence electrons. The molecular formula is C28H38N2O2. The molecule has 0 amide bonds. The molecule has 0 radical (unpaired) electrons. The Labute approximate surface area is 193 Å². The molecule has 2 aliphatic carbocycles. The van der Waals surface area contributed by atoms with Crippen LogP contribution in [0, 0.1) is 11.8 Å². The summed E-state index contributed by atoms with van der Waals surface area (Å²) in [7, 11) is 0. The predicted octanol–water partition coefficient (Wildman–Crippen LogP) is 5.37. The maximum absolute atomic E-state index is 12.7. The molecule has 0 spiro atoms. The van der Waals surface area contributed by atoms with E-state index in [2.05, 4.69) is 34.1 Å². The molecule has 2 aliphatic heterocycles. The molecule has 0 aromatic carbocycles. The van der Waals surface area contributed by atoms with Crippen LogP contribution < -0.4 is 0 Å². The van der Waals surface area contributed by atoms with Crippen molar-refractivity contribution in [3.8, 4) is 0 Å². The van der Waals surface area contributed by atoms with Crippen LogP contribution in [0.4, 0.5) is 0 Å². The molecule has 4 nitrogen and oxygen atoms in total. The first-order valence-electron chi connectivity index (χ1n) is 12.4. The summed E-state index contributed by atoms with van der Waals surface area (Å²) in [6, 6.07) is 0. The number of unbranched alkanes of at least 4 members (excludes halogenated alkanes) is 1. The van der Waals surface area contributed by atoms with E-state index in [1.165, 1.54) is 5.70 Å². The van der Waals surface area contributed by atoms with Crippen LogP contribution in [0.2, 0.25) is 0 Å². The van der Waals surface area contributed by atoms with E-state index < -0.39 is 0 Å². The van der Waals surface area contributed by atoms with Crippen LogP contribution in [-0.2, 0) is 9.59 Å². The Kier molecular flexibility index (Phi) is 9.48. The summed E-state index contributed by atoms with van der Waals surface area (Å²) in [6.45, 7) is 8.07. The van der Waals surface area contributed by atoms with Gasteiger partial charge in [0.15, 0.2) is 5.78 Å². The number of rotatable bonds is 8. The molecular weight excluding hydrogens is 396 g/mol. The van der Waals surface area contributed by atoms with Crippen molar-refractivity contribution in [1.82, 2.24) is 9.80 Å². The van der Waals surface area contributed by atoms with Crippen molar-refractivity contribution in [1.29, 1.82) is 0 Å². The van der Waals surface area contributed by atoms with Gasteiger partial charge in [0.2, 0.25) is 0 Å². The minimum atomic E-state index is 0.100. The van der Waals surface area contributed by atoms with Crippen LogP contribution in [0.25, 0.3) is 0 Å². The Bertz CT molecular complexity index is 835. The van der Waals surface area contributed by atoms with Gasteiger partial charge in [0.25, 0.3) is 0 Å². The van der Waals surface area contributed by atoms with E-state index in [-0.39, 0.29) is 11.8 Å². The third kappa shape index (κ3) is 6.07. The Morgan fingerprint density at radius 1 is 1.06 bits per heavy atom. The summed E-state index contributed by atoms with van der Waals surface area (Å²) < 4.78 is 0. The minimum absolute atomic E-state index is 0.100. The Hall–Kier alpha value is -2.46. The maximum atomic E-state index is 12.7. The van der Waals surface area contributed by atoms with Crippen molar-refractivity contribution >= 4 is 12.1 Å². The van der Waals surface area contributed by atoms with Crippen LogP contribution in [0.15, 0.2) is 71.7 Å². The topological polar surface area (TPSA) is 40.6 Å². The molecule has 0 N–H and O–H groups in total. The van der Waals surface area contributed by atoms with Gasteiger partial charge in [0.1, 0.15) is 6.29 Å². The highest BCUT2D eigenvalue weighted by Gasteiger charge is 2.28. The van der Waals surface area contributed by atoms with Crippen molar-refractivity contribution in [2.45, 2.75) is 52.4 Å². The zero-order valence-electron chi connectivity index (χ0n) is 19.7. The summed E-state index contributed by atoms with van der Waals surface area (Å²) in [4.78, 5) is 28.8. The van der Waals surface area contributed by atoms with Gasteiger partial charge in [-0.05, 0) is 64.2 Å². The molecule has 0 bridgehead atoms. The fourth-order valence-electron chi connectivity index (χ4n) is 4.85. The van der Waals surface area contributed by atoms with E-state index in [0.717, 1.165) is 82.1 Å². The van der Waals surface area contributed by atoms with Gasteiger partial charge in [0.05, 0.1) is 0 Å². The number of aldehydes is 1. The number of hydrogen-bond acceptors (Lipinski definition) is 4. The molecule has 32 heavy (non-hydrogen) atoms. The van der Waals surface area contributed by atoms with Gasteiger partial charge < -0.3 is 9.80 Å². The standard InChI is InChI=1S/C26H32N2O2.C2H6/c29-20-23-19-28(25-12-6-2-5-11-24(23)25)16-8-7-15-27-17-13-22(14-18-27)26(30)21-9-3-1-4-10-21;1-2/h2-3,5-6,9-12,19-20,22,24H,1,4,7-8,13-18H2;1-2H3. The summed E-state index contributed by atoms with van der Waals surface area (Å²) in [5, 5.41) is 0. The molecule has 1 saturated heterocycles. The van der Waals surface area contributed by atoms with Gasteiger partial charge in [-0.2, -0.15) is 0 Å². The first kappa shape index (κ1) is 24.2. The first-order chi connectivity index (χ1) is 15.8. The second-order valence-electron chi connectivity index (χ2n) is 8.61. The number of carbonyl (C=O) groups is 2. The van der Waals surface area contributed by atoms with E-state index in [1.54, 1.807) is 0 Å². The fourth-order valence-corrected chi connectivity index (χ4v) is 4.85. The van der Waals surface area contributed by atoms with Gasteiger partial charge in [-0.1, -0.05) is 56.4 Å². The van der Waals surface area contributed by atoms with Crippen molar-refractivity contribution in [3.63, 3.8) is 0 Å². The zero-order valence-corrected chi connectivity index (χ0v) is 19.7.